The second kappa shape index (κ2) is 7.80. The van der Waals surface area contributed by atoms with Gasteiger partial charge in [0.2, 0.25) is 0 Å². The molecule has 0 aromatic carbocycles. The van der Waals surface area contributed by atoms with Crippen molar-refractivity contribution in [2.75, 3.05) is 39.3 Å². The predicted octanol–water partition coefficient (Wildman–Crippen LogP) is 1.75. The number of carbonyl (C=O) groups is 1. The Morgan fingerprint density at radius 1 is 1.38 bits per heavy atom. The lowest BCUT2D eigenvalue weighted by Crippen LogP contribution is -2.50. The number of nitrogens with one attached hydrogen (secondary N) is 2. The fourth-order valence-electron chi connectivity index (χ4n) is 2.97. The highest BCUT2D eigenvalue weighted by atomic mass is 16.5. The fourth-order valence-corrected chi connectivity index (χ4v) is 2.97. The number of hydrogen-bond donors (Lipinski definition) is 2. The van der Waals surface area contributed by atoms with Crippen LogP contribution in [-0.2, 0) is 4.74 Å². The molecule has 5 nitrogen and oxygen atoms in total. The molecule has 0 aromatic heterocycles. The zero-order valence-corrected chi connectivity index (χ0v) is 13.4. The quantitative estimate of drug-likeness (QED) is 0.760. The number of allylic oxidation sites excluding steroid dienone is 2. The van der Waals surface area contributed by atoms with Crippen LogP contribution in [0.25, 0.3) is 0 Å². The molecule has 2 N–H and O–H groups in total. The molecule has 1 heterocycles. The van der Waals surface area contributed by atoms with Crippen LogP contribution in [0.4, 0.5) is 4.79 Å². The van der Waals surface area contributed by atoms with Gasteiger partial charge in [-0.05, 0) is 39.0 Å². The number of nitrogens with zero attached hydrogens (tertiary/aromatic N) is 1. The molecule has 1 fully saturated rings. The zero-order valence-electron chi connectivity index (χ0n) is 13.4. The molecule has 1 aliphatic carbocycles. The first-order valence-corrected chi connectivity index (χ1v) is 8.08. The van der Waals surface area contributed by atoms with Crippen molar-refractivity contribution in [2.24, 2.45) is 5.92 Å². The van der Waals surface area contributed by atoms with Crippen molar-refractivity contribution in [1.82, 2.24) is 15.5 Å². The Balaban J connectivity index is 1.55. The molecule has 0 spiro atoms. The first kappa shape index (κ1) is 16.3. The van der Waals surface area contributed by atoms with Crippen LogP contribution in [0.5, 0.6) is 0 Å². The summed E-state index contributed by atoms with van der Waals surface area (Å²) in [7, 11) is 0. The van der Waals surface area contributed by atoms with Crippen LogP contribution in [0, 0.1) is 5.92 Å². The molecule has 5 heteroatoms. The highest BCUT2D eigenvalue weighted by molar-refractivity contribution is 5.73. The summed E-state index contributed by atoms with van der Waals surface area (Å²) in [5, 5.41) is 5.93. The molecule has 0 bridgehead atoms. The molecular formula is C16H29N3O2. The summed E-state index contributed by atoms with van der Waals surface area (Å²) in [6.45, 7) is 9.20. The summed E-state index contributed by atoms with van der Waals surface area (Å²) in [5.41, 5.74) is -0.0744. The van der Waals surface area contributed by atoms with Gasteiger partial charge < -0.3 is 15.4 Å². The van der Waals surface area contributed by atoms with Gasteiger partial charge >= 0.3 is 6.03 Å². The van der Waals surface area contributed by atoms with E-state index < -0.39 is 0 Å². The molecule has 2 amide bonds. The third kappa shape index (κ3) is 6.06. The Morgan fingerprint density at radius 2 is 2.24 bits per heavy atom. The number of carbonyl (C=O) groups excluding carboxylic acids is 1. The predicted molar refractivity (Wildman–Crippen MR) is 84.4 cm³/mol. The van der Waals surface area contributed by atoms with Crippen molar-refractivity contribution < 1.29 is 9.53 Å². The standard InChI is InChI=1S/C16H29N3O2/c1-16(2)13-19(10-11-21-16)9-8-17-15(20)18-12-14-6-4-3-5-7-14/h3-4,14H,5-13H2,1-2H3,(H2,17,18,20). The van der Waals surface area contributed by atoms with E-state index in [0.717, 1.165) is 45.6 Å². The maximum atomic E-state index is 11.8. The normalized spacial score (nSPS) is 25.5. The lowest BCUT2D eigenvalue weighted by atomic mass is 9.94. The van der Waals surface area contributed by atoms with Crippen LogP contribution in [0.1, 0.15) is 33.1 Å². The van der Waals surface area contributed by atoms with Gasteiger partial charge in [-0.3, -0.25) is 4.90 Å². The number of rotatable bonds is 5. The van der Waals surface area contributed by atoms with Crippen molar-refractivity contribution in [1.29, 1.82) is 0 Å². The van der Waals surface area contributed by atoms with E-state index in [4.69, 9.17) is 4.74 Å². The zero-order chi connectivity index (χ0) is 15.1. The summed E-state index contributed by atoms with van der Waals surface area (Å²) in [5.74, 6) is 0.598. The minimum Gasteiger partial charge on any atom is -0.373 e. The van der Waals surface area contributed by atoms with E-state index >= 15 is 0 Å². The fraction of sp³-hybridized carbons (Fsp3) is 0.812. The second-order valence-electron chi connectivity index (χ2n) is 6.67. The van der Waals surface area contributed by atoms with Crippen LogP contribution in [0.2, 0.25) is 0 Å². The lowest BCUT2D eigenvalue weighted by molar-refractivity contribution is -0.0852. The molecule has 0 saturated carbocycles. The monoisotopic (exact) mass is 295 g/mol. The van der Waals surface area contributed by atoms with E-state index in [1.165, 1.54) is 6.42 Å². The number of morpholine rings is 1. The van der Waals surface area contributed by atoms with Crippen LogP contribution in [-0.4, -0.2) is 55.9 Å². The van der Waals surface area contributed by atoms with E-state index in [9.17, 15) is 4.79 Å². The molecule has 21 heavy (non-hydrogen) atoms. The third-order valence-corrected chi connectivity index (χ3v) is 4.15. The van der Waals surface area contributed by atoms with Crippen LogP contribution < -0.4 is 10.6 Å². The molecular weight excluding hydrogens is 266 g/mol. The number of ether oxygens (including phenoxy) is 1. The molecule has 2 rings (SSSR count). The summed E-state index contributed by atoms with van der Waals surface area (Å²) < 4.78 is 5.68. The largest absolute Gasteiger partial charge is 0.373 e. The minimum atomic E-state index is -0.0744. The van der Waals surface area contributed by atoms with Gasteiger partial charge in [-0.25, -0.2) is 4.79 Å². The Morgan fingerprint density at radius 3 is 2.95 bits per heavy atom. The van der Waals surface area contributed by atoms with Gasteiger partial charge in [0.25, 0.3) is 0 Å². The minimum absolute atomic E-state index is 0.0444. The Kier molecular flexibility index (Phi) is 6.06. The number of hydrogen-bond acceptors (Lipinski definition) is 3. The molecule has 0 radical (unpaired) electrons. The number of urea groups is 1. The maximum absolute atomic E-state index is 11.8. The van der Waals surface area contributed by atoms with Crippen molar-refractivity contribution >= 4 is 6.03 Å². The van der Waals surface area contributed by atoms with E-state index in [2.05, 4.69) is 41.5 Å². The summed E-state index contributed by atoms with van der Waals surface area (Å²) >= 11 is 0. The van der Waals surface area contributed by atoms with E-state index in [0.29, 0.717) is 12.5 Å². The smallest absolute Gasteiger partial charge is 0.314 e. The van der Waals surface area contributed by atoms with Crippen molar-refractivity contribution in [3.63, 3.8) is 0 Å². The first-order valence-electron chi connectivity index (χ1n) is 8.08. The highest BCUT2D eigenvalue weighted by Gasteiger charge is 2.26. The van der Waals surface area contributed by atoms with Gasteiger partial charge in [0.15, 0.2) is 0 Å². The number of amides is 2. The maximum Gasteiger partial charge on any atom is 0.314 e. The Hall–Kier alpha value is -1.07. The molecule has 2 aliphatic rings. The van der Waals surface area contributed by atoms with E-state index in [1.807, 2.05) is 0 Å². The van der Waals surface area contributed by atoms with Gasteiger partial charge in [0, 0.05) is 32.7 Å². The van der Waals surface area contributed by atoms with Gasteiger partial charge in [0.05, 0.1) is 12.2 Å². The second-order valence-corrected chi connectivity index (χ2v) is 6.67. The van der Waals surface area contributed by atoms with Crippen molar-refractivity contribution in [2.45, 2.75) is 38.7 Å². The molecule has 1 saturated heterocycles. The molecule has 1 unspecified atom stereocenters. The molecule has 1 atom stereocenters. The third-order valence-electron chi connectivity index (χ3n) is 4.15. The SMILES string of the molecule is CC1(C)CN(CCNC(=O)NCC2CC=CCC2)CCO1. The average Bonchev–Trinajstić information content (AvgIpc) is 2.45. The van der Waals surface area contributed by atoms with Gasteiger partial charge in [0.1, 0.15) is 0 Å². The molecule has 120 valence electrons. The lowest BCUT2D eigenvalue weighted by Gasteiger charge is -2.38. The highest BCUT2D eigenvalue weighted by Crippen LogP contribution is 2.17. The topological polar surface area (TPSA) is 53.6 Å². The Bertz CT molecular complexity index is 369. The van der Waals surface area contributed by atoms with E-state index in [-0.39, 0.29) is 11.6 Å². The first-order chi connectivity index (χ1) is 10.1. The van der Waals surface area contributed by atoms with Crippen molar-refractivity contribution in [3.8, 4) is 0 Å². The molecule has 0 aromatic rings. The van der Waals surface area contributed by atoms with Crippen LogP contribution >= 0.6 is 0 Å². The van der Waals surface area contributed by atoms with E-state index in [1.54, 1.807) is 0 Å². The van der Waals surface area contributed by atoms with Gasteiger partial charge in [-0.15, -0.1) is 0 Å². The van der Waals surface area contributed by atoms with Crippen molar-refractivity contribution in [3.05, 3.63) is 12.2 Å². The van der Waals surface area contributed by atoms with Crippen LogP contribution in [0.15, 0.2) is 12.2 Å². The molecule has 1 aliphatic heterocycles. The summed E-state index contributed by atoms with van der Waals surface area (Å²) in [4.78, 5) is 14.1. The average molecular weight is 295 g/mol. The van der Waals surface area contributed by atoms with Crippen LogP contribution in [0.3, 0.4) is 0 Å². The summed E-state index contributed by atoms with van der Waals surface area (Å²) in [6, 6.07) is -0.0444. The summed E-state index contributed by atoms with van der Waals surface area (Å²) in [6.07, 6.45) is 7.85. The van der Waals surface area contributed by atoms with Gasteiger partial charge in [-0.2, -0.15) is 0 Å². The van der Waals surface area contributed by atoms with Gasteiger partial charge in [-0.1, -0.05) is 12.2 Å². The Labute approximate surface area is 128 Å².